The lowest BCUT2D eigenvalue weighted by atomic mass is 10.0. The zero-order valence-electron chi connectivity index (χ0n) is 28.1. The SMILES string of the molecule is CC(C)(O/N=C(\C(=O)N[C@@H]1C(=O)N2C(c3nn[nH]n3)=C(C[N+]3(CCNC(=O)c4ccc(O)c(O)c4F)CCCC3)CS[C@H]12)c1nc(N)sc1Cl)C(=O)O. The molecular formula is C30H34ClFN11O8S2+. The smallest absolute Gasteiger partial charge is 0.350 e. The standard InChI is InChI=1S/C30H33ClFN11O8S2/c1-30(2,28(49)50)51-39-18(17-22(31)53-29(33)36-17)25(47)35-19-26(48)42-20(23-37-40-41-38-23)13(12-52-27(19)42)11-43(8-3-4-9-43)10-7-34-24(46)14-5-6-15(44)21(45)16(14)32/h5-6,19,27H,3-4,7-12H2,1-2H3,(H7-,33,34,35,36,37,38,39,40,41,44,45,46,47,49,50)/p+1/t19-,27-/m1/s1. The molecule has 0 spiro atoms. The Balaban J connectivity index is 1.21. The first kappa shape index (κ1) is 37.7. The number of quaternary nitrogens is 1. The van der Waals surface area contributed by atoms with Gasteiger partial charge in [-0.1, -0.05) is 28.1 Å². The number of rotatable bonds is 13. The lowest BCUT2D eigenvalue weighted by Crippen LogP contribution is -2.70. The molecule has 5 heterocycles. The maximum absolute atomic E-state index is 14.4. The minimum atomic E-state index is -1.82. The van der Waals surface area contributed by atoms with Gasteiger partial charge in [-0.05, 0) is 31.2 Å². The molecule has 282 valence electrons. The average Bonchev–Trinajstić information content (AvgIpc) is 3.88. The third-order valence-electron chi connectivity index (χ3n) is 9.07. The molecule has 0 saturated carbocycles. The summed E-state index contributed by atoms with van der Waals surface area (Å²) >= 11 is 8.53. The summed E-state index contributed by atoms with van der Waals surface area (Å²) in [6.45, 7) is 5.09. The van der Waals surface area contributed by atoms with Crippen LogP contribution in [-0.4, -0.2) is 135 Å². The van der Waals surface area contributed by atoms with Gasteiger partial charge in [0.05, 0.1) is 37.4 Å². The number of carbonyl (C=O) groups is 4. The van der Waals surface area contributed by atoms with Crippen LogP contribution in [0.4, 0.5) is 9.52 Å². The fourth-order valence-corrected chi connectivity index (χ4v) is 8.51. The van der Waals surface area contributed by atoms with E-state index >= 15 is 0 Å². The van der Waals surface area contributed by atoms with E-state index in [4.69, 9.17) is 22.2 Å². The first-order chi connectivity index (χ1) is 25.1. The molecule has 3 aliphatic heterocycles. The van der Waals surface area contributed by atoms with E-state index in [1.165, 1.54) is 30.5 Å². The molecule has 2 fully saturated rings. The van der Waals surface area contributed by atoms with Crippen molar-refractivity contribution in [2.24, 2.45) is 5.16 Å². The van der Waals surface area contributed by atoms with Crippen LogP contribution < -0.4 is 16.4 Å². The van der Waals surface area contributed by atoms with Gasteiger partial charge in [0, 0.05) is 24.2 Å². The fourth-order valence-electron chi connectivity index (χ4n) is 6.25. The van der Waals surface area contributed by atoms with E-state index in [1.807, 2.05) is 0 Å². The number of halogens is 2. The second kappa shape index (κ2) is 14.8. The summed E-state index contributed by atoms with van der Waals surface area (Å²) in [5, 5.41) is 51.7. The number of nitrogen functional groups attached to an aromatic ring is 1. The van der Waals surface area contributed by atoms with E-state index in [2.05, 4.69) is 41.4 Å². The van der Waals surface area contributed by atoms with Crippen molar-refractivity contribution in [2.75, 3.05) is 44.2 Å². The normalized spacial score (nSPS) is 19.8. The quantitative estimate of drug-likeness (QED) is 0.0416. The van der Waals surface area contributed by atoms with Crippen LogP contribution in [0.3, 0.4) is 0 Å². The lowest BCUT2D eigenvalue weighted by Gasteiger charge is -2.50. The van der Waals surface area contributed by atoms with Gasteiger partial charge >= 0.3 is 5.97 Å². The van der Waals surface area contributed by atoms with Gasteiger partial charge < -0.3 is 41.0 Å². The van der Waals surface area contributed by atoms with E-state index in [0.717, 1.165) is 55.0 Å². The first-order valence-corrected chi connectivity index (χ1v) is 18.3. The number of hydrogen-bond donors (Lipinski definition) is 7. The predicted octanol–water partition coefficient (Wildman–Crippen LogP) is 0.878. The molecule has 3 aromatic rings. The van der Waals surface area contributed by atoms with Crippen molar-refractivity contribution in [3.8, 4) is 11.5 Å². The molecule has 2 atom stereocenters. The number of amides is 3. The van der Waals surface area contributed by atoms with Crippen LogP contribution in [-0.2, 0) is 19.2 Å². The van der Waals surface area contributed by atoms with Crippen LogP contribution in [0.2, 0.25) is 4.34 Å². The number of hydrogen-bond acceptors (Lipinski definition) is 15. The number of phenols is 2. The number of fused-ring (bicyclic) bond motifs is 1. The van der Waals surface area contributed by atoms with Crippen molar-refractivity contribution >= 4 is 74.9 Å². The molecule has 23 heteroatoms. The zero-order valence-corrected chi connectivity index (χ0v) is 30.5. The molecule has 3 aliphatic rings. The fraction of sp³-hybridized carbons (Fsp3) is 0.433. The number of nitrogens with zero attached hydrogens (tertiary/aromatic N) is 7. The molecule has 0 radical (unpaired) electrons. The van der Waals surface area contributed by atoms with Crippen LogP contribution in [0.25, 0.3) is 5.70 Å². The Bertz CT molecular complexity index is 2020. The number of thioether (sulfide) groups is 1. The Morgan fingerprint density at radius 2 is 2.00 bits per heavy atom. The highest BCUT2D eigenvalue weighted by Crippen LogP contribution is 2.44. The minimum Gasteiger partial charge on any atom is -0.504 e. The number of carboxylic acid groups (broad SMARTS) is 1. The first-order valence-electron chi connectivity index (χ1n) is 16.1. The number of aromatic amines is 1. The Hall–Kier alpha value is -5.06. The summed E-state index contributed by atoms with van der Waals surface area (Å²) in [6, 6.07) is 1.07. The van der Waals surface area contributed by atoms with Crippen LogP contribution in [0.1, 0.15) is 48.6 Å². The number of thiazole rings is 1. The van der Waals surface area contributed by atoms with Crippen molar-refractivity contribution in [3.05, 3.63) is 44.9 Å². The lowest BCUT2D eigenvalue weighted by molar-refractivity contribution is -0.911. The number of aliphatic carboxylic acids is 1. The van der Waals surface area contributed by atoms with Crippen LogP contribution in [0.15, 0.2) is 22.9 Å². The largest absolute Gasteiger partial charge is 0.504 e. The second-order valence-electron chi connectivity index (χ2n) is 13.0. The van der Waals surface area contributed by atoms with Gasteiger partial charge in [0.15, 0.2) is 28.2 Å². The highest BCUT2D eigenvalue weighted by Gasteiger charge is 2.55. The van der Waals surface area contributed by atoms with Gasteiger partial charge in [-0.25, -0.2) is 14.2 Å². The molecule has 1 aromatic carbocycles. The number of oxime groups is 1. The maximum atomic E-state index is 14.4. The number of likely N-dealkylation sites (tertiary alicyclic amines) is 1. The number of aromatic hydroxyl groups is 2. The highest BCUT2D eigenvalue weighted by atomic mass is 35.5. The molecule has 0 unspecified atom stereocenters. The van der Waals surface area contributed by atoms with E-state index in [9.17, 15) is 38.9 Å². The molecule has 19 nitrogen and oxygen atoms in total. The molecular weight excluding hydrogens is 761 g/mol. The Kier molecular flexibility index (Phi) is 10.5. The van der Waals surface area contributed by atoms with Gasteiger partial charge in [0.1, 0.15) is 28.0 Å². The van der Waals surface area contributed by atoms with Gasteiger partial charge in [0.25, 0.3) is 17.7 Å². The molecule has 0 aliphatic carbocycles. The number of carbonyl (C=O) groups excluding carboxylic acids is 3. The van der Waals surface area contributed by atoms with Gasteiger partial charge in [-0.2, -0.15) is 5.21 Å². The van der Waals surface area contributed by atoms with Crippen molar-refractivity contribution in [2.45, 2.75) is 43.7 Å². The summed E-state index contributed by atoms with van der Waals surface area (Å²) in [5.74, 6) is -5.80. The van der Waals surface area contributed by atoms with Crippen LogP contribution >= 0.6 is 34.7 Å². The number of nitrogens with one attached hydrogen (secondary N) is 3. The molecule has 3 amide bonds. The van der Waals surface area contributed by atoms with Gasteiger partial charge in [-0.3, -0.25) is 19.3 Å². The summed E-state index contributed by atoms with van der Waals surface area (Å²) in [7, 11) is 0. The summed E-state index contributed by atoms with van der Waals surface area (Å²) in [5.41, 5.74) is 4.20. The number of anilines is 1. The third kappa shape index (κ3) is 7.43. The monoisotopic (exact) mass is 794 g/mol. The summed E-state index contributed by atoms with van der Waals surface area (Å²) < 4.78 is 15.0. The van der Waals surface area contributed by atoms with E-state index in [0.29, 0.717) is 29.0 Å². The van der Waals surface area contributed by atoms with E-state index < -0.39 is 69.3 Å². The second-order valence-corrected chi connectivity index (χ2v) is 15.7. The molecule has 2 aromatic heterocycles. The zero-order chi connectivity index (χ0) is 38.2. The van der Waals surface area contributed by atoms with Crippen molar-refractivity contribution in [1.82, 2.24) is 41.1 Å². The Morgan fingerprint density at radius 1 is 1.26 bits per heavy atom. The van der Waals surface area contributed by atoms with Gasteiger partial charge in [0.2, 0.25) is 11.4 Å². The number of nitrogens with two attached hydrogens (primary N) is 1. The minimum absolute atomic E-state index is 0.000879. The van der Waals surface area contributed by atoms with Crippen molar-refractivity contribution in [3.63, 3.8) is 0 Å². The number of β-lactam (4-membered cyclic amide) rings is 1. The van der Waals surface area contributed by atoms with Crippen LogP contribution in [0, 0.1) is 5.82 Å². The third-order valence-corrected chi connectivity index (χ3v) is 11.5. The molecule has 6 rings (SSSR count). The molecule has 2 saturated heterocycles. The number of aromatic nitrogens is 5. The molecule has 0 bridgehead atoms. The van der Waals surface area contributed by atoms with Crippen molar-refractivity contribution < 1.29 is 48.2 Å². The highest BCUT2D eigenvalue weighted by molar-refractivity contribution is 8.00. The number of H-pyrrole nitrogens is 1. The number of carboxylic acids is 1. The Morgan fingerprint density at radius 3 is 2.64 bits per heavy atom. The predicted molar refractivity (Wildman–Crippen MR) is 188 cm³/mol. The summed E-state index contributed by atoms with van der Waals surface area (Å²) in [6.07, 6.45) is 1.83. The Labute approximate surface area is 313 Å². The number of tetrazole rings is 1. The van der Waals surface area contributed by atoms with Crippen molar-refractivity contribution in [1.29, 1.82) is 0 Å². The number of phenolic OH excluding ortho intramolecular Hbond substituents is 2. The number of benzene rings is 1. The molecule has 8 N–H and O–H groups in total. The van der Waals surface area contributed by atoms with Gasteiger partial charge in [-0.15, -0.1) is 22.0 Å². The molecule has 53 heavy (non-hydrogen) atoms. The average molecular weight is 795 g/mol. The van der Waals surface area contributed by atoms with Crippen LogP contribution in [0.5, 0.6) is 11.5 Å². The topological polar surface area (TPSA) is 271 Å². The maximum Gasteiger partial charge on any atom is 0.350 e. The summed E-state index contributed by atoms with van der Waals surface area (Å²) in [4.78, 5) is 62.6. The van der Waals surface area contributed by atoms with E-state index in [1.54, 1.807) is 0 Å². The van der Waals surface area contributed by atoms with E-state index in [-0.39, 0.29) is 27.5 Å².